The maximum atomic E-state index is 12.0. The van der Waals surface area contributed by atoms with Crippen LogP contribution < -0.4 is 15.4 Å². The fourth-order valence-electron chi connectivity index (χ4n) is 2.63. The van der Waals surface area contributed by atoms with Crippen molar-refractivity contribution in [1.82, 2.24) is 15.5 Å². The summed E-state index contributed by atoms with van der Waals surface area (Å²) in [6, 6.07) is 15.8. The Kier molecular flexibility index (Phi) is 8.26. The van der Waals surface area contributed by atoms with Gasteiger partial charge in [-0.1, -0.05) is 70.2 Å². The van der Waals surface area contributed by atoms with E-state index < -0.39 is 0 Å². The van der Waals surface area contributed by atoms with E-state index in [9.17, 15) is 4.79 Å². The van der Waals surface area contributed by atoms with Gasteiger partial charge in [0.15, 0.2) is 5.11 Å². The van der Waals surface area contributed by atoms with E-state index in [-0.39, 0.29) is 5.91 Å². The number of benzene rings is 2. The summed E-state index contributed by atoms with van der Waals surface area (Å²) in [6.45, 7) is 1.74. The van der Waals surface area contributed by atoms with E-state index in [1.807, 2.05) is 48.3 Å². The zero-order valence-electron chi connectivity index (χ0n) is 16.2. The Morgan fingerprint density at radius 2 is 2.07 bits per heavy atom. The summed E-state index contributed by atoms with van der Waals surface area (Å²) in [7, 11) is 1.93. The highest BCUT2D eigenvalue weighted by atomic mass is 79.9. The molecule has 2 N–H and O–H groups in total. The molecule has 5 nitrogen and oxygen atoms in total. The first-order valence-corrected chi connectivity index (χ1v) is 11.5. The number of likely N-dealkylation sites (N-methyl/N-ethyl adjacent to an activating group) is 1. The Balaban J connectivity index is 1.55. The summed E-state index contributed by atoms with van der Waals surface area (Å²) in [4.78, 5) is 14.4. The normalized spacial score (nSPS) is 14.5. The lowest BCUT2D eigenvalue weighted by Crippen LogP contribution is -2.38. The molecule has 1 saturated heterocycles. The van der Waals surface area contributed by atoms with Crippen LogP contribution in [0.5, 0.6) is 5.75 Å². The molecule has 1 heterocycles. The van der Waals surface area contributed by atoms with Crippen LogP contribution in [0.3, 0.4) is 0 Å². The van der Waals surface area contributed by atoms with E-state index in [1.54, 1.807) is 6.08 Å². The summed E-state index contributed by atoms with van der Waals surface area (Å²) < 4.78 is 7.34. The van der Waals surface area contributed by atoms with Gasteiger partial charge in [-0.2, -0.15) is 0 Å². The molecular formula is C21H20BrN3O2S3. The van der Waals surface area contributed by atoms with Gasteiger partial charge in [-0.25, -0.2) is 0 Å². The monoisotopic (exact) mass is 521 g/mol. The van der Waals surface area contributed by atoms with Crippen molar-refractivity contribution in [2.75, 3.05) is 20.2 Å². The number of hydrogen-bond acceptors (Lipinski definition) is 5. The van der Waals surface area contributed by atoms with Crippen LogP contribution in [0.25, 0.3) is 6.08 Å². The standard InChI is InChI=1S/C21H20BrN3O2S3/c1-25(20(28)23-13-14-5-3-2-4-6-14)9-10-27-17-8-7-16(22)11-15(17)12-18-19(26)24-21(29)30-18/h2-8,11-12H,9-10,13H2,1H3,(H,23,28)(H,24,26,29)/b18-12-. The lowest BCUT2D eigenvalue weighted by Gasteiger charge is -2.21. The molecule has 9 heteroatoms. The summed E-state index contributed by atoms with van der Waals surface area (Å²) in [5, 5.41) is 6.53. The predicted octanol–water partition coefficient (Wildman–Crippen LogP) is 4.32. The fourth-order valence-corrected chi connectivity index (χ4v) is 4.21. The Labute approximate surface area is 199 Å². The van der Waals surface area contributed by atoms with Crippen molar-refractivity contribution in [3.63, 3.8) is 0 Å². The van der Waals surface area contributed by atoms with E-state index in [4.69, 9.17) is 29.2 Å². The molecule has 0 saturated carbocycles. The number of carbonyl (C=O) groups excluding carboxylic acids is 1. The number of rotatable bonds is 7. The number of carbonyl (C=O) groups is 1. The minimum Gasteiger partial charge on any atom is -0.491 e. The third-order valence-electron chi connectivity index (χ3n) is 4.22. The van der Waals surface area contributed by atoms with E-state index >= 15 is 0 Å². The summed E-state index contributed by atoms with van der Waals surface area (Å²) >= 11 is 15.2. The number of nitrogens with one attached hydrogen (secondary N) is 2. The molecule has 1 aliphatic rings. The lowest BCUT2D eigenvalue weighted by molar-refractivity contribution is -0.115. The largest absolute Gasteiger partial charge is 0.491 e. The van der Waals surface area contributed by atoms with Gasteiger partial charge in [0.1, 0.15) is 16.7 Å². The first-order chi connectivity index (χ1) is 14.4. The summed E-state index contributed by atoms with van der Waals surface area (Å²) in [5.41, 5.74) is 1.98. The van der Waals surface area contributed by atoms with Gasteiger partial charge in [-0.3, -0.25) is 4.79 Å². The average molecular weight is 523 g/mol. The molecule has 0 bridgehead atoms. The first-order valence-electron chi connectivity index (χ1n) is 9.12. The van der Waals surface area contributed by atoms with Gasteiger partial charge in [0.05, 0.1) is 11.4 Å². The molecule has 0 unspecified atom stereocenters. The smallest absolute Gasteiger partial charge is 0.263 e. The van der Waals surface area contributed by atoms with Crippen LogP contribution in [0.2, 0.25) is 0 Å². The Bertz CT molecular complexity index is 983. The minimum absolute atomic E-state index is 0.189. The van der Waals surface area contributed by atoms with Crippen LogP contribution in [0.4, 0.5) is 0 Å². The Morgan fingerprint density at radius 3 is 2.77 bits per heavy atom. The lowest BCUT2D eigenvalue weighted by atomic mass is 10.2. The van der Waals surface area contributed by atoms with E-state index in [0.29, 0.717) is 39.8 Å². The molecule has 30 heavy (non-hydrogen) atoms. The molecule has 0 spiro atoms. The second-order valence-electron chi connectivity index (χ2n) is 6.45. The molecule has 1 amide bonds. The first kappa shape index (κ1) is 22.7. The predicted molar refractivity (Wildman–Crippen MR) is 134 cm³/mol. The topological polar surface area (TPSA) is 53.6 Å². The molecular weight excluding hydrogens is 502 g/mol. The van der Waals surface area contributed by atoms with E-state index in [0.717, 1.165) is 10.0 Å². The van der Waals surface area contributed by atoms with Gasteiger partial charge >= 0.3 is 0 Å². The Hall–Kier alpha value is -1.94. The second-order valence-corrected chi connectivity index (χ2v) is 9.47. The highest BCUT2D eigenvalue weighted by molar-refractivity contribution is 9.10. The molecule has 0 atom stereocenters. The minimum atomic E-state index is -0.189. The number of hydrogen-bond donors (Lipinski definition) is 2. The van der Waals surface area contributed by atoms with Crippen molar-refractivity contribution in [1.29, 1.82) is 0 Å². The van der Waals surface area contributed by atoms with Gasteiger partial charge in [-0.05, 0) is 42.1 Å². The number of thioether (sulfide) groups is 1. The van der Waals surface area contributed by atoms with E-state index in [2.05, 4.69) is 38.7 Å². The third kappa shape index (κ3) is 6.53. The van der Waals surface area contributed by atoms with Crippen LogP contribution >= 0.6 is 52.1 Å². The van der Waals surface area contributed by atoms with Gasteiger partial charge < -0.3 is 20.3 Å². The van der Waals surface area contributed by atoms with Crippen LogP contribution in [-0.2, 0) is 11.3 Å². The Morgan fingerprint density at radius 1 is 1.30 bits per heavy atom. The number of halogens is 1. The van der Waals surface area contributed by atoms with Crippen LogP contribution in [0.15, 0.2) is 57.9 Å². The van der Waals surface area contributed by atoms with Crippen molar-refractivity contribution in [3.05, 3.63) is 69.0 Å². The highest BCUT2D eigenvalue weighted by Crippen LogP contribution is 2.31. The molecule has 1 fully saturated rings. The summed E-state index contributed by atoms with van der Waals surface area (Å²) in [6.07, 6.45) is 1.79. The fraction of sp³-hybridized carbons (Fsp3) is 0.190. The molecule has 0 aromatic heterocycles. The maximum Gasteiger partial charge on any atom is 0.263 e. The number of ether oxygens (including phenoxy) is 1. The van der Waals surface area contributed by atoms with Crippen molar-refractivity contribution in [2.45, 2.75) is 6.54 Å². The SMILES string of the molecule is CN(CCOc1ccc(Br)cc1/C=C1\SC(=S)NC1=O)C(=S)NCc1ccccc1. The zero-order valence-corrected chi connectivity index (χ0v) is 20.2. The number of nitrogens with zero attached hydrogens (tertiary/aromatic N) is 1. The van der Waals surface area contributed by atoms with E-state index in [1.165, 1.54) is 17.3 Å². The van der Waals surface area contributed by atoms with Crippen LogP contribution in [0, 0.1) is 0 Å². The van der Waals surface area contributed by atoms with Gasteiger partial charge in [-0.15, -0.1) is 0 Å². The van der Waals surface area contributed by atoms with Gasteiger partial charge in [0, 0.05) is 23.6 Å². The quantitative estimate of drug-likeness (QED) is 0.415. The van der Waals surface area contributed by atoms with Crippen molar-refractivity contribution >= 4 is 73.5 Å². The summed E-state index contributed by atoms with van der Waals surface area (Å²) in [5.74, 6) is 0.499. The van der Waals surface area contributed by atoms with Gasteiger partial charge in [0.2, 0.25) is 0 Å². The molecule has 0 radical (unpaired) electrons. The molecule has 2 aromatic rings. The van der Waals surface area contributed by atoms with Crippen molar-refractivity contribution < 1.29 is 9.53 Å². The molecule has 2 aromatic carbocycles. The van der Waals surface area contributed by atoms with Crippen molar-refractivity contribution in [2.24, 2.45) is 0 Å². The molecule has 1 aliphatic heterocycles. The van der Waals surface area contributed by atoms with Crippen molar-refractivity contribution in [3.8, 4) is 5.75 Å². The average Bonchev–Trinajstić information content (AvgIpc) is 3.05. The third-order valence-corrected chi connectivity index (χ3v) is 6.33. The highest BCUT2D eigenvalue weighted by Gasteiger charge is 2.22. The maximum absolute atomic E-state index is 12.0. The molecule has 3 rings (SSSR count). The zero-order chi connectivity index (χ0) is 21.5. The van der Waals surface area contributed by atoms with Crippen LogP contribution in [-0.4, -0.2) is 40.4 Å². The van der Waals surface area contributed by atoms with Gasteiger partial charge in [0.25, 0.3) is 5.91 Å². The number of thiocarbonyl (C=S) groups is 2. The van der Waals surface area contributed by atoms with Crippen LogP contribution in [0.1, 0.15) is 11.1 Å². The molecule has 156 valence electrons. The molecule has 0 aliphatic carbocycles. The second kappa shape index (κ2) is 10.9. The number of amides is 1.